The maximum absolute atomic E-state index is 14.2. The Kier molecular flexibility index (Phi) is 4.35. The van der Waals surface area contributed by atoms with Gasteiger partial charge in [0, 0.05) is 29.1 Å². The average molecular weight is 342 g/mol. The second kappa shape index (κ2) is 6.47. The molecule has 1 aromatic heterocycles. The predicted molar refractivity (Wildman–Crippen MR) is 92.1 cm³/mol. The van der Waals surface area contributed by atoms with Gasteiger partial charge in [0.2, 0.25) is 0 Å². The summed E-state index contributed by atoms with van der Waals surface area (Å²) in [5.74, 6) is -2.00. The molecular weight excluding hydrogens is 326 g/mol. The highest BCUT2D eigenvalue weighted by atomic mass is 19.1. The summed E-state index contributed by atoms with van der Waals surface area (Å²) < 4.78 is 28.4. The first-order chi connectivity index (χ1) is 11.9. The minimum Gasteiger partial charge on any atom is -0.350 e. The summed E-state index contributed by atoms with van der Waals surface area (Å²) in [6, 6.07) is 9.45. The zero-order valence-corrected chi connectivity index (χ0v) is 13.7. The number of aromatic nitrogens is 1. The molecule has 3 rings (SSSR count). The van der Waals surface area contributed by atoms with Crippen LogP contribution in [0.1, 0.15) is 24.2 Å². The molecule has 0 fully saturated rings. The molecule has 6 heteroatoms. The zero-order chi connectivity index (χ0) is 18.1. The summed E-state index contributed by atoms with van der Waals surface area (Å²) in [6.07, 6.45) is 1.29. The van der Waals surface area contributed by atoms with Crippen LogP contribution in [-0.4, -0.2) is 16.5 Å². The van der Waals surface area contributed by atoms with Crippen molar-refractivity contribution in [2.45, 2.75) is 19.9 Å². The van der Waals surface area contributed by atoms with E-state index >= 15 is 0 Å². The first kappa shape index (κ1) is 16.8. The van der Waals surface area contributed by atoms with Gasteiger partial charge in [0.15, 0.2) is 0 Å². The van der Waals surface area contributed by atoms with Crippen molar-refractivity contribution in [3.8, 4) is 5.69 Å². The molecule has 0 bridgehead atoms. The Hall–Kier alpha value is -3.02. The number of nitrogens with zero attached hydrogens (tertiary/aromatic N) is 1. The Morgan fingerprint density at radius 3 is 2.40 bits per heavy atom. The topological polar surface area (TPSA) is 51.1 Å². The molecule has 0 saturated heterocycles. The molecule has 0 aliphatic carbocycles. The molecule has 0 atom stereocenters. The van der Waals surface area contributed by atoms with Gasteiger partial charge in [-0.25, -0.2) is 8.78 Å². The monoisotopic (exact) mass is 342 g/mol. The lowest BCUT2D eigenvalue weighted by Crippen LogP contribution is -2.32. The van der Waals surface area contributed by atoms with E-state index in [4.69, 9.17) is 0 Å². The van der Waals surface area contributed by atoms with Gasteiger partial charge in [0.1, 0.15) is 11.6 Å². The smallest absolute Gasteiger partial charge is 0.263 e. The minimum absolute atomic E-state index is 0.103. The summed E-state index contributed by atoms with van der Waals surface area (Å²) in [6.45, 7) is 3.63. The number of nitrogens with one attached hydrogen (secondary N) is 1. The Labute approximate surface area is 142 Å². The number of halogens is 2. The van der Waals surface area contributed by atoms with Gasteiger partial charge in [-0.05, 0) is 32.0 Å². The van der Waals surface area contributed by atoms with E-state index in [0.29, 0.717) is 11.5 Å². The van der Waals surface area contributed by atoms with Crippen LogP contribution in [0.15, 0.2) is 53.5 Å². The molecule has 0 aliphatic heterocycles. The van der Waals surface area contributed by atoms with E-state index in [2.05, 4.69) is 5.32 Å². The van der Waals surface area contributed by atoms with Crippen molar-refractivity contribution in [3.63, 3.8) is 0 Å². The Balaban J connectivity index is 2.32. The molecule has 1 amide bonds. The zero-order valence-electron chi connectivity index (χ0n) is 13.7. The van der Waals surface area contributed by atoms with Crippen molar-refractivity contribution in [1.29, 1.82) is 0 Å². The molecule has 2 aromatic carbocycles. The maximum Gasteiger partial charge on any atom is 0.263 e. The second-order valence-corrected chi connectivity index (χ2v) is 5.99. The van der Waals surface area contributed by atoms with E-state index in [0.717, 1.165) is 10.6 Å². The van der Waals surface area contributed by atoms with Crippen molar-refractivity contribution < 1.29 is 13.6 Å². The number of carbonyl (C=O) groups excluding carboxylic acids is 1. The lowest BCUT2D eigenvalue weighted by atomic mass is 10.1. The average Bonchev–Trinajstić information content (AvgIpc) is 2.55. The first-order valence-corrected chi connectivity index (χ1v) is 7.79. The quantitative estimate of drug-likeness (QED) is 0.793. The summed E-state index contributed by atoms with van der Waals surface area (Å²) in [7, 11) is 0. The van der Waals surface area contributed by atoms with Gasteiger partial charge in [-0.1, -0.05) is 18.2 Å². The summed E-state index contributed by atoms with van der Waals surface area (Å²) >= 11 is 0. The second-order valence-electron chi connectivity index (χ2n) is 5.99. The lowest BCUT2D eigenvalue weighted by molar-refractivity contribution is 0.0944. The van der Waals surface area contributed by atoms with Crippen LogP contribution in [0.4, 0.5) is 8.78 Å². The molecule has 0 spiro atoms. The van der Waals surface area contributed by atoms with Gasteiger partial charge in [0.05, 0.1) is 11.3 Å². The van der Waals surface area contributed by atoms with E-state index < -0.39 is 17.2 Å². The molecule has 128 valence electrons. The maximum atomic E-state index is 14.2. The van der Waals surface area contributed by atoms with Crippen LogP contribution >= 0.6 is 0 Å². The van der Waals surface area contributed by atoms with Crippen LogP contribution in [0.25, 0.3) is 16.5 Å². The molecule has 0 unspecified atom stereocenters. The molecule has 0 saturated carbocycles. The third kappa shape index (κ3) is 3.15. The minimum atomic E-state index is -0.882. The number of rotatable bonds is 3. The SMILES string of the molecule is CC(C)NC(=O)c1cn(-c2ccc(F)cc2F)c(=O)c2ccccc12. The molecule has 4 nitrogen and oxygen atoms in total. The molecule has 1 heterocycles. The number of carbonyl (C=O) groups is 1. The fraction of sp³-hybridized carbons (Fsp3) is 0.158. The van der Waals surface area contributed by atoms with Crippen LogP contribution < -0.4 is 10.9 Å². The van der Waals surface area contributed by atoms with Crippen molar-refractivity contribution in [3.05, 3.63) is 76.2 Å². The number of benzene rings is 2. The van der Waals surface area contributed by atoms with Crippen LogP contribution in [0.3, 0.4) is 0 Å². The largest absolute Gasteiger partial charge is 0.350 e. The van der Waals surface area contributed by atoms with Crippen molar-refractivity contribution >= 4 is 16.7 Å². The molecule has 1 N–H and O–H groups in total. The van der Waals surface area contributed by atoms with Crippen LogP contribution in [0.2, 0.25) is 0 Å². The third-order valence-electron chi connectivity index (χ3n) is 3.76. The van der Waals surface area contributed by atoms with E-state index in [1.165, 1.54) is 12.3 Å². The van der Waals surface area contributed by atoms with Gasteiger partial charge in [0.25, 0.3) is 11.5 Å². The van der Waals surface area contributed by atoms with Gasteiger partial charge in [-0.2, -0.15) is 0 Å². The number of pyridine rings is 1. The lowest BCUT2D eigenvalue weighted by Gasteiger charge is -2.14. The fourth-order valence-electron chi connectivity index (χ4n) is 2.67. The number of hydrogen-bond acceptors (Lipinski definition) is 2. The van der Waals surface area contributed by atoms with Crippen LogP contribution in [-0.2, 0) is 0 Å². The van der Waals surface area contributed by atoms with E-state index in [1.54, 1.807) is 24.3 Å². The Morgan fingerprint density at radius 1 is 1.08 bits per heavy atom. The molecule has 0 aliphatic rings. The molecule has 0 radical (unpaired) electrons. The predicted octanol–water partition coefficient (Wildman–Crippen LogP) is 3.41. The van der Waals surface area contributed by atoms with E-state index in [-0.39, 0.29) is 28.6 Å². The van der Waals surface area contributed by atoms with Gasteiger partial charge in [-0.15, -0.1) is 0 Å². The van der Waals surface area contributed by atoms with Crippen molar-refractivity contribution in [2.75, 3.05) is 0 Å². The van der Waals surface area contributed by atoms with Crippen molar-refractivity contribution in [2.24, 2.45) is 0 Å². The summed E-state index contributed by atoms with van der Waals surface area (Å²) in [5, 5.41) is 3.52. The summed E-state index contributed by atoms with van der Waals surface area (Å²) in [4.78, 5) is 25.3. The van der Waals surface area contributed by atoms with E-state index in [9.17, 15) is 18.4 Å². The normalized spacial score (nSPS) is 11.1. The Morgan fingerprint density at radius 2 is 1.76 bits per heavy atom. The summed E-state index contributed by atoms with van der Waals surface area (Å²) in [5.41, 5.74) is -0.356. The van der Waals surface area contributed by atoms with Gasteiger partial charge in [-0.3, -0.25) is 14.2 Å². The van der Waals surface area contributed by atoms with Crippen molar-refractivity contribution in [1.82, 2.24) is 9.88 Å². The highest BCUT2D eigenvalue weighted by molar-refractivity contribution is 6.06. The Bertz CT molecular complexity index is 1030. The fourth-order valence-corrected chi connectivity index (χ4v) is 2.67. The number of hydrogen-bond donors (Lipinski definition) is 1. The first-order valence-electron chi connectivity index (χ1n) is 7.79. The van der Waals surface area contributed by atoms with Gasteiger partial charge < -0.3 is 5.32 Å². The van der Waals surface area contributed by atoms with Crippen LogP contribution in [0, 0.1) is 11.6 Å². The standard InChI is InChI=1S/C19H16F2N2O2/c1-11(2)22-18(24)15-10-23(17-8-7-12(20)9-16(17)21)19(25)14-6-4-3-5-13(14)15/h3-11H,1-2H3,(H,22,24). The highest BCUT2D eigenvalue weighted by Gasteiger charge is 2.17. The number of fused-ring (bicyclic) bond motifs is 1. The van der Waals surface area contributed by atoms with Gasteiger partial charge >= 0.3 is 0 Å². The highest BCUT2D eigenvalue weighted by Crippen LogP contribution is 2.19. The van der Waals surface area contributed by atoms with Crippen LogP contribution in [0.5, 0.6) is 0 Å². The molecular formula is C19H16F2N2O2. The van der Waals surface area contributed by atoms with E-state index in [1.807, 2.05) is 13.8 Å². The number of amides is 1. The molecule has 3 aromatic rings. The third-order valence-corrected chi connectivity index (χ3v) is 3.76. The molecule has 25 heavy (non-hydrogen) atoms.